The quantitative estimate of drug-likeness (QED) is 0.345. The van der Waals surface area contributed by atoms with E-state index in [2.05, 4.69) is 15.1 Å². The van der Waals surface area contributed by atoms with Gasteiger partial charge in [0, 0.05) is 17.4 Å². The molecule has 1 N–H and O–H groups in total. The number of fused-ring (bicyclic) bond motifs is 1. The number of aromatic nitrogens is 4. The third-order valence-electron chi connectivity index (χ3n) is 5.31. The first-order valence-corrected chi connectivity index (χ1v) is 10.5. The summed E-state index contributed by atoms with van der Waals surface area (Å²) >= 11 is 18.7. The number of carboxylic acids is 1. The molecule has 2 atom stereocenters. The van der Waals surface area contributed by atoms with Crippen LogP contribution in [-0.4, -0.2) is 30.6 Å². The number of hydrogen-bond donors (Lipinski definition) is 1. The zero-order valence-electron chi connectivity index (χ0n) is 16.1. The molecule has 2 unspecified atom stereocenters. The molecular weight excluding hydrogens is 508 g/mol. The highest BCUT2D eigenvalue weighted by Crippen LogP contribution is 2.51. The van der Waals surface area contributed by atoms with Crippen LogP contribution in [0, 0.1) is 5.92 Å². The minimum Gasteiger partial charge on any atom is -0.481 e. The van der Waals surface area contributed by atoms with Crippen molar-refractivity contribution in [3.63, 3.8) is 0 Å². The van der Waals surface area contributed by atoms with E-state index >= 15 is 0 Å². The van der Waals surface area contributed by atoms with Crippen molar-refractivity contribution in [2.75, 3.05) is 0 Å². The monoisotopic (exact) mass is 516 g/mol. The first-order chi connectivity index (χ1) is 15.5. The van der Waals surface area contributed by atoms with E-state index in [9.17, 15) is 18.0 Å². The Bertz CT molecular complexity index is 1430. The molecule has 33 heavy (non-hydrogen) atoms. The maximum atomic E-state index is 13.0. The molecule has 0 aliphatic heterocycles. The van der Waals surface area contributed by atoms with Gasteiger partial charge in [-0.25, -0.2) is 4.98 Å². The molecule has 3 heterocycles. The van der Waals surface area contributed by atoms with E-state index in [-0.39, 0.29) is 39.0 Å². The van der Waals surface area contributed by atoms with Crippen molar-refractivity contribution in [1.82, 2.24) is 19.5 Å². The molecule has 1 saturated carbocycles. The fourth-order valence-electron chi connectivity index (χ4n) is 3.58. The van der Waals surface area contributed by atoms with Gasteiger partial charge >= 0.3 is 12.1 Å². The smallest absolute Gasteiger partial charge is 0.417 e. The molecule has 0 amide bonds. The van der Waals surface area contributed by atoms with Crippen LogP contribution >= 0.6 is 34.8 Å². The van der Waals surface area contributed by atoms with Crippen LogP contribution in [0.4, 0.5) is 13.2 Å². The molecule has 0 saturated heterocycles. The van der Waals surface area contributed by atoms with Crippen LogP contribution in [0.25, 0.3) is 28.6 Å². The van der Waals surface area contributed by atoms with Gasteiger partial charge < -0.3 is 14.0 Å². The topological polar surface area (TPSA) is 93.5 Å². The molecule has 1 aliphatic carbocycles. The number of nitrogens with zero attached hydrogens (tertiary/aromatic N) is 4. The van der Waals surface area contributed by atoms with E-state index in [4.69, 9.17) is 44.4 Å². The average molecular weight is 518 g/mol. The van der Waals surface area contributed by atoms with Crippen molar-refractivity contribution in [3.05, 3.63) is 56.8 Å². The SMILES string of the molecule is O=C(O)C1CC1c1cc(Cl)c(-c2nc(-c3cn4cc(C(F)(F)F)cc(Cl)c4n3)no2)cc1Cl. The standard InChI is InChI=1S/C20H10Cl3F3N4O3/c21-12-4-11(13(22)3-9(12)8-2-10(8)19(31)32)18-28-16(29-33-18)15-6-30-5-7(20(24,25)26)1-14(23)17(30)27-15/h1,3-6,8,10H,2H2,(H,31,32). The number of aliphatic carboxylic acids is 1. The van der Waals surface area contributed by atoms with Crippen LogP contribution in [0.3, 0.4) is 0 Å². The summed E-state index contributed by atoms with van der Waals surface area (Å²) in [4.78, 5) is 19.6. The lowest BCUT2D eigenvalue weighted by Crippen LogP contribution is -2.06. The number of imidazole rings is 1. The normalized spacial score (nSPS) is 18.1. The molecule has 1 fully saturated rings. The number of benzene rings is 1. The largest absolute Gasteiger partial charge is 0.481 e. The fourth-order valence-corrected chi connectivity index (χ4v) is 4.39. The lowest BCUT2D eigenvalue weighted by Gasteiger charge is -2.07. The molecule has 1 aromatic carbocycles. The molecule has 170 valence electrons. The zero-order valence-corrected chi connectivity index (χ0v) is 18.3. The second kappa shape index (κ2) is 7.61. The molecule has 5 rings (SSSR count). The third kappa shape index (κ3) is 3.92. The average Bonchev–Trinajstić information content (AvgIpc) is 3.16. The van der Waals surface area contributed by atoms with E-state index in [0.717, 1.165) is 16.7 Å². The third-order valence-corrected chi connectivity index (χ3v) is 6.23. The van der Waals surface area contributed by atoms with E-state index in [1.165, 1.54) is 12.3 Å². The molecule has 0 spiro atoms. The minimum atomic E-state index is -4.57. The predicted molar refractivity (Wildman–Crippen MR) is 112 cm³/mol. The first-order valence-electron chi connectivity index (χ1n) is 9.34. The van der Waals surface area contributed by atoms with Gasteiger partial charge in [0.05, 0.1) is 27.1 Å². The molecule has 7 nitrogen and oxygen atoms in total. The maximum Gasteiger partial charge on any atom is 0.417 e. The van der Waals surface area contributed by atoms with Crippen LogP contribution in [0.1, 0.15) is 23.5 Å². The van der Waals surface area contributed by atoms with Crippen LogP contribution in [-0.2, 0) is 11.0 Å². The van der Waals surface area contributed by atoms with Crippen molar-refractivity contribution in [2.24, 2.45) is 5.92 Å². The summed E-state index contributed by atoms with van der Waals surface area (Å²) in [6.45, 7) is 0. The van der Waals surface area contributed by atoms with Crippen molar-refractivity contribution in [1.29, 1.82) is 0 Å². The Labute approximate surface area is 197 Å². The highest BCUT2D eigenvalue weighted by Gasteiger charge is 2.45. The van der Waals surface area contributed by atoms with E-state index in [1.807, 2.05) is 0 Å². The Balaban J connectivity index is 1.49. The number of alkyl halides is 3. The summed E-state index contributed by atoms with van der Waals surface area (Å²) in [6, 6.07) is 3.86. The Kier molecular flexibility index (Phi) is 5.07. The maximum absolute atomic E-state index is 13.0. The Hall–Kier alpha value is -2.82. The van der Waals surface area contributed by atoms with Crippen LogP contribution in [0.5, 0.6) is 0 Å². The summed E-state index contributed by atoms with van der Waals surface area (Å²) in [7, 11) is 0. The van der Waals surface area contributed by atoms with Crippen LogP contribution in [0.15, 0.2) is 35.1 Å². The summed E-state index contributed by atoms with van der Waals surface area (Å²) in [6.07, 6.45) is -1.95. The molecular formula is C20H10Cl3F3N4O3. The van der Waals surface area contributed by atoms with Crippen LogP contribution < -0.4 is 0 Å². The van der Waals surface area contributed by atoms with Crippen LogP contribution in [0.2, 0.25) is 15.1 Å². The first kappa shape index (κ1) is 22.0. The Morgan fingerprint density at radius 3 is 2.52 bits per heavy atom. The van der Waals surface area contributed by atoms with Gasteiger partial charge in [0.15, 0.2) is 5.65 Å². The number of carbonyl (C=O) groups is 1. The van der Waals surface area contributed by atoms with Gasteiger partial charge in [0.25, 0.3) is 5.89 Å². The van der Waals surface area contributed by atoms with Gasteiger partial charge in [0.2, 0.25) is 5.82 Å². The lowest BCUT2D eigenvalue weighted by molar-refractivity contribution is -0.139. The highest BCUT2D eigenvalue weighted by atomic mass is 35.5. The molecule has 4 aromatic rings. The van der Waals surface area contributed by atoms with Gasteiger partial charge in [-0.05, 0) is 36.1 Å². The zero-order chi connectivity index (χ0) is 23.7. The summed E-state index contributed by atoms with van der Waals surface area (Å²) in [5, 5.41) is 13.3. The van der Waals surface area contributed by atoms with Crippen molar-refractivity contribution >= 4 is 46.4 Å². The summed E-state index contributed by atoms with van der Waals surface area (Å²) < 4.78 is 45.5. The second-order valence-electron chi connectivity index (χ2n) is 7.50. The lowest BCUT2D eigenvalue weighted by atomic mass is 10.1. The highest BCUT2D eigenvalue weighted by molar-refractivity contribution is 6.36. The van der Waals surface area contributed by atoms with Crippen molar-refractivity contribution in [3.8, 4) is 23.0 Å². The number of carboxylic acid groups (broad SMARTS) is 1. The molecule has 3 aromatic heterocycles. The summed E-state index contributed by atoms with van der Waals surface area (Å²) in [5.41, 5.74) is 0.229. The van der Waals surface area contributed by atoms with E-state index in [1.54, 1.807) is 6.07 Å². The van der Waals surface area contributed by atoms with Gasteiger partial charge in [-0.15, -0.1) is 0 Å². The van der Waals surface area contributed by atoms with Crippen molar-refractivity contribution < 1.29 is 27.6 Å². The molecule has 0 bridgehead atoms. The number of halogens is 6. The summed E-state index contributed by atoms with van der Waals surface area (Å²) in [5.74, 6) is -1.60. The van der Waals surface area contributed by atoms with E-state index < -0.39 is 23.6 Å². The van der Waals surface area contributed by atoms with Gasteiger partial charge in [-0.3, -0.25) is 4.79 Å². The van der Waals surface area contributed by atoms with E-state index in [0.29, 0.717) is 22.6 Å². The molecule has 0 radical (unpaired) electrons. The molecule has 1 aliphatic rings. The second-order valence-corrected chi connectivity index (χ2v) is 8.72. The predicted octanol–water partition coefficient (Wildman–Crippen LogP) is 6.22. The van der Waals surface area contributed by atoms with Gasteiger partial charge in [0.1, 0.15) is 5.69 Å². The Morgan fingerprint density at radius 2 is 1.85 bits per heavy atom. The minimum absolute atomic E-state index is 0.00252. The fraction of sp³-hybridized carbons (Fsp3) is 0.200. The number of pyridine rings is 1. The molecule has 13 heteroatoms. The number of rotatable bonds is 4. The van der Waals surface area contributed by atoms with Gasteiger partial charge in [-0.1, -0.05) is 40.0 Å². The Morgan fingerprint density at radius 1 is 1.09 bits per heavy atom. The number of hydrogen-bond acceptors (Lipinski definition) is 5. The van der Waals surface area contributed by atoms with Gasteiger partial charge in [-0.2, -0.15) is 18.2 Å². The van der Waals surface area contributed by atoms with Crippen molar-refractivity contribution in [2.45, 2.75) is 18.5 Å².